The van der Waals surface area contributed by atoms with E-state index in [0.29, 0.717) is 13.2 Å². The summed E-state index contributed by atoms with van der Waals surface area (Å²) in [4.78, 5) is 27.4. The van der Waals surface area contributed by atoms with Crippen molar-refractivity contribution in [2.45, 2.75) is 32.2 Å². The Balaban J connectivity index is 1.98. The lowest BCUT2D eigenvalue weighted by Crippen LogP contribution is -2.48. The molecule has 114 valence electrons. The number of likely N-dealkylation sites (tertiary alicyclic amines) is 1. The Kier molecular flexibility index (Phi) is 5.37. The molecule has 1 N–H and O–H groups in total. The van der Waals surface area contributed by atoms with Crippen LogP contribution in [0.25, 0.3) is 0 Å². The first-order chi connectivity index (χ1) is 9.63. The molecule has 20 heavy (non-hydrogen) atoms. The van der Waals surface area contributed by atoms with Gasteiger partial charge < -0.3 is 14.7 Å². The molecule has 6 heteroatoms. The van der Waals surface area contributed by atoms with E-state index in [1.54, 1.807) is 0 Å². The van der Waals surface area contributed by atoms with E-state index in [2.05, 4.69) is 0 Å². The summed E-state index contributed by atoms with van der Waals surface area (Å²) in [5.74, 6) is -1.23. The zero-order chi connectivity index (χ0) is 14.5. The lowest BCUT2D eigenvalue weighted by atomic mass is 10.0. The number of nitrogens with zero attached hydrogens (tertiary/aromatic N) is 2. The fraction of sp³-hybridized carbons (Fsp3) is 0.857. The number of carbonyl (C=O) groups excluding carboxylic acids is 1. The first-order valence-corrected chi connectivity index (χ1v) is 7.46. The highest BCUT2D eigenvalue weighted by molar-refractivity contribution is 5.78. The van der Waals surface area contributed by atoms with Crippen molar-refractivity contribution in [3.8, 4) is 0 Å². The number of amides is 1. The van der Waals surface area contributed by atoms with Crippen LogP contribution in [0.1, 0.15) is 26.2 Å². The molecule has 2 unspecified atom stereocenters. The van der Waals surface area contributed by atoms with Gasteiger partial charge >= 0.3 is 5.97 Å². The topological polar surface area (TPSA) is 70.1 Å². The zero-order valence-electron chi connectivity index (χ0n) is 12.1. The van der Waals surface area contributed by atoms with E-state index in [4.69, 9.17) is 4.74 Å². The standard InChI is InChI=1S/C14H24N2O4/c1-2-5-16(8-13(17)15-6-3-4-7-15)12-10-20-9-11(12)14(18)19/h11-12H,2-10H2,1H3,(H,18,19). The lowest BCUT2D eigenvalue weighted by molar-refractivity contribution is -0.144. The molecule has 0 saturated carbocycles. The second-order valence-electron chi connectivity index (χ2n) is 5.61. The molecule has 0 aromatic carbocycles. The van der Waals surface area contributed by atoms with Gasteiger partial charge in [-0.3, -0.25) is 14.5 Å². The van der Waals surface area contributed by atoms with E-state index in [9.17, 15) is 14.7 Å². The maximum Gasteiger partial charge on any atom is 0.310 e. The molecule has 0 aliphatic carbocycles. The number of ether oxygens (including phenoxy) is 1. The van der Waals surface area contributed by atoms with Gasteiger partial charge in [-0.15, -0.1) is 0 Å². The first kappa shape index (κ1) is 15.3. The van der Waals surface area contributed by atoms with Gasteiger partial charge in [0.25, 0.3) is 0 Å². The van der Waals surface area contributed by atoms with Gasteiger partial charge in [0.2, 0.25) is 5.91 Å². The van der Waals surface area contributed by atoms with Gasteiger partial charge in [-0.05, 0) is 25.8 Å². The van der Waals surface area contributed by atoms with Crippen LogP contribution in [0.2, 0.25) is 0 Å². The van der Waals surface area contributed by atoms with Gasteiger partial charge in [0.05, 0.1) is 25.7 Å². The van der Waals surface area contributed by atoms with Crippen LogP contribution in [0.15, 0.2) is 0 Å². The number of rotatable bonds is 6. The third kappa shape index (κ3) is 3.49. The number of carbonyl (C=O) groups is 2. The molecule has 0 radical (unpaired) electrons. The summed E-state index contributed by atoms with van der Waals surface area (Å²) < 4.78 is 5.32. The second-order valence-corrected chi connectivity index (χ2v) is 5.61. The van der Waals surface area contributed by atoms with Crippen LogP contribution in [-0.4, -0.2) is 72.2 Å². The summed E-state index contributed by atoms with van der Waals surface area (Å²) in [5.41, 5.74) is 0. The smallest absolute Gasteiger partial charge is 0.310 e. The van der Waals surface area contributed by atoms with E-state index < -0.39 is 11.9 Å². The summed E-state index contributed by atoms with van der Waals surface area (Å²) >= 11 is 0. The number of hydrogen-bond donors (Lipinski definition) is 1. The summed E-state index contributed by atoms with van der Waals surface area (Å²) in [5, 5.41) is 9.24. The Bertz CT molecular complexity index is 355. The van der Waals surface area contributed by atoms with Crippen molar-refractivity contribution >= 4 is 11.9 Å². The van der Waals surface area contributed by atoms with E-state index in [0.717, 1.165) is 38.9 Å². The van der Waals surface area contributed by atoms with Crippen LogP contribution in [0.3, 0.4) is 0 Å². The maximum atomic E-state index is 12.3. The highest BCUT2D eigenvalue weighted by Crippen LogP contribution is 2.21. The number of aliphatic carboxylic acids is 1. The molecular weight excluding hydrogens is 260 g/mol. The number of carboxylic acid groups (broad SMARTS) is 1. The van der Waals surface area contributed by atoms with Gasteiger partial charge in [-0.2, -0.15) is 0 Å². The summed E-state index contributed by atoms with van der Waals surface area (Å²) in [7, 11) is 0. The van der Waals surface area contributed by atoms with Crippen molar-refractivity contribution in [1.82, 2.24) is 9.80 Å². The highest BCUT2D eigenvalue weighted by Gasteiger charge is 2.38. The molecule has 2 heterocycles. The third-order valence-electron chi connectivity index (χ3n) is 4.14. The molecule has 2 aliphatic heterocycles. The van der Waals surface area contributed by atoms with Crippen LogP contribution in [0.4, 0.5) is 0 Å². The van der Waals surface area contributed by atoms with Crippen molar-refractivity contribution in [2.75, 3.05) is 39.4 Å². The van der Waals surface area contributed by atoms with Crippen LogP contribution in [0, 0.1) is 5.92 Å². The van der Waals surface area contributed by atoms with Gasteiger partial charge in [0.1, 0.15) is 0 Å². The fourth-order valence-corrected chi connectivity index (χ4v) is 3.03. The normalized spacial score (nSPS) is 26.4. The second kappa shape index (κ2) is 7.04. The Morgan fingerprint density at radius 2 is 2.00 bits per heavy atom. The molecule has 0 bridgehead atoms. The van der Waals surface area contributed by atoms with Crippen LogP contribution in [0.5, 0.6) is 0 Å². The predicted molar refractivity (Wildman–Crippen MR) is 73.4 cm³/mol. The molecule has 0 spiro atoms. The van der Waals surface area contributed by atoms with Crippen molar-refractivity contribution in [3.05, 3.63) is 0 Å². The molecule has 0 aromatic heterocycles. The molecule has 0 aromatic rings. The van der Waals surface area contributed by atoms with Gasteiger partial charge in [0, 0.05) is 19.1 Å². The van der Waals surface area contributed by atoms with E-state index in [1.807, 2.05) is 16.7 Å². The minimum atomic E-state index is -0.831. The van der Waals surface area contributed by atoms with Crippen LogP contribution >= 0.6 is 0 Å². The first-order valence-electron chi connectivity index (χ1n) is 7.46. The Morgan fingerprint density at radius 1 is 1.30 bits per heavy atom. The Labute approximate surface area is 119 Å². The molecular formula is C14H24N2O4. The molecule has 2 fully saturated rings. The van der Waals surface area contributed by atoms with E-state index in [1.165, 1.54) is 0 Å². The number of carboxylic acids is 1. The van der Waals surface area contributed by atoms with Crippen LogP contribution < -0.4 is 0 Å². The molecule has 2 rings (SSSR count). The molecule has 1 amide bonds. The van der Waals surface area contributed by atoms with Gasteiger partial charge in [0.15, 0.2) is 0 Å². The molecule has 6 nitrogen and oxygen atoms in total. The monoisotopic (exact) mass is 284 g/mol. The quantitative estimate of drug-likeness (QED) is 0.765. The minimum Gasteiger partial charge on any atom is -0.481 e. The largest absolute Gasteiger partial charge is 0.481 e. The molecule has 2 atom stereocenters. The van der Waals surface area contributed by atoms with E-state index in [-0.39, 0.29) is 18.6 Å². The Morgan fingerprint density at radius 3 is 2.60 bits per heavy atom. The van der Waals surface area contributed by atoms with Crippen molar-refractivity contribution < 1.29 is 19.4 Å². The third-order valence-corrected chi connectivity index (χ3v) is 4.14. The summed E-state index contributed by atoms with van der Waals surface area (Å²) in [6.45, 7) is 5.41. The van der Waals surface area contributed by atoms with Crippen molar-refractivity contribution in [1.29, 1.82) is 0 Å². The highest BCUT2D eigenvalue weighted by atomic mass is 16.5. The zero-order valence-corrected chi connectivity index (χ0v) is 12.1. The Hall–Kier alpha value is -1.14. The lowest BCUT2D eigenvalue weighted by Gasteiger charge is -2.30. The average molecular weight is 284 g/mol. The van der Waals surface area contributed by atoms with Crippen LogP contribution in [-0.2, 0) is 14.3 Å². The fourth-order valence-electron chi connectivity index (χ4n) is 3.03. The SMILES string of the molecule is CCCN(CC(=O)N1CCCC1)C1COCC1C(=O)O. The van der Waals surface area contributed by atoms with Crippen molar-refractivity contribution in [3.63, 3.8) is 0 Å². The minimum absolute atomic E-state index is 0.118. The number of hydrogen-bond acceptors (Lipinski definition) is 4. The summed E-state index contributed by atoms with van der Waals surface area (Å²) in [6, 6.07) is -0.181. The van der Waals surface area contributed by atoms with Gasteiger partial charge in [-0.25, -0.2) is 0 Å². The predicted octanol–water partition coefficient (Wildman–Crippen LogP) is 0.420. The van der Waals surface area contributed by atoms with Crippen molar-refractivity contribution in [2.24, 2.45) is 5.92 Å². The average Bonchev–Trinajstić information content (AvgIpc) is 3.09. The maximum absolute atomic E-state index is 12.3. The van der Waals surface area contributed by atoms with Gasteiger partial charge in [-0.1, -0.05) is 6.92 Å². The molecule has 2 saturated heterocycles. The summed E-state index contributed by atoms with van der Waals surface area (Å²) in [6.07, 6.45) is 3.05. The van der Waals surface area contributed by atoms with E-state index >= 15 is 0 Å². The molecule has 2 aliphatic rings.